The third kappa shape index (κ3) is 4.12. The number of fused-ring (bicyclic) bond motifs is 1. The molecule has 1 N–H and O–H groups in total. The number of furan rings is 1. The van der Waals surface area contributed by atoms with Gasteiger partial charge in [0.2, 0.25) is 0 Å². The van der Waals surface area contributed by atoms with Crippen LogP contribution in [-0.2, 0) is 19.4 Å². The molecule has 0 spiro atoms. The van der Waals surface area contributed by atoms with Gasteiger partial charge in [-0.3, -0.25) is 14.9 Å². The van der Waals surface area contributed by atoms with Gasteiger partial charge in [0.15, 0.2) is 5.76 Å². The molecule has 30 heavy (non-hydrogen) atoms. The third-order valence-corrected chi connectivity index (χ3v) is 4.98. The Morgan fingerprint density at radius 2 is 1.97 bits per heavy atom. The van der Waals surface area contributed by atoms with Crippen molar-refractivity contribution in [3.8, 4) is 11.5 Å². The number of amides is 1. The van der Waals surface area contributed by atoms with E-state index in [1.165, 1.54) is 42.9 Å². The SMILES string of the molecule is COc1cc([N+](=O)[O-])ccc1NC(=O)c1ccc(COc2ccc3c(c2)CCC3)o1. The first-order valence-corrected chi connectivity index (χ1v) is 9.50. The predicted molar refractivity (Wildman–Crippen MR) is 109 cm³/mol. The molecule has 0 aliphatic heterocycles. The molecule has 0 bridgehead atoms. The van der Waals surface area contributed by atoms with Crippen molar-refractivity contribution in [1.29, 1.82) is 0 Å². The van der Waals surface area contributed by atoms with Gasteiger partial charge in [0, 0.05) is 6.07 Å². The van der Waals surface area contributed by atoms with Crippen molar-refractivity contribution in [2.45, 2.75) is 25.9 Å². The lowest BCUT2D eigenvalue weighted by atomic mass is 10.1. The minimum Gasteiger partial charge on any atom is -0.494 e. The summed E-state index contributed by atoms with van der Waals surface area (Å²) in [5.74, 6) is 1.07. The molecule has 0 unspecified atom stereocenters. The number of benzene rings is 2. The number of rotatable bonds is 7. The highest BCUT2D eigenvalue weighted by atomic mass is 16.6. The third-order valence-electron chi connectivity index (χ3n) is 4.98. The average Bonchev–Trinajstić information content (AvgIpc) is 3.41. The number of ether oxygens (including phenoxy) is 2. The van der Waals surface area contributed by atoms with Crippen LogP contribution >= 0.6 is 0 Å². The van der Waals surface area contributed by atoms with E-state index in [0.29, 0.717) is 11.4 Å². The van der Waals surface area contributed by atoms with E-state index in [1.54, 1.807) is 12.1 Å². The number of nitro groups is 1. The highest BCUT2D eigenvalue weighted by molar-refractivity contribution is 6.03. The lowest BCUT2D eigenvalue weighted by molar-refractivity contribution is -0.384. The maximum atomic E-state index is 12.5. The van der Waals surface area contributed by atoms with Crippen molar-refractivity contribution in [1.82, 2.24) is 0 Å². The Morgan fingerprint density at radius 1 is 1.13 bits per heavy atom. The molecular formula is C22H20N2O6. The van der Waals surface area contributed by atoms with Crippen LogP contribution in [0.1, 0.15) is 33.9 Å². The van der Waals surface area contributed by atoms with Gasteiger partial charge in [-0.05, 0) is 60.7 Å². The van der Waals surface area contributed by atoms with Gasteiger partial charge >= 0.3 is 0 Å². The summed E-state index contributed by atoms with van der Waals surface area (Å²) in [5.41, 5.74) is 2.87. The Balaban J connectivity index is 1.40. The first-order chi connectivity index (χ1) is 14.5. The van der Waals surface area contributed by atoms with Gasteiger partial charge in [-0.1, -0.05) is 6.07 Å². The lowest BCUT2D eigenvalue weighted by Crippen LogP contribution is -2.12. The van der Waals surface area contributed by atoms with Gasteiger partial charge < -0.3 is 19.2 Å². The normalized spacial score (nSPS) is 12.3. The zero-order valence-corrected chi connectivity index (χ0v) is 16.3. The van der Waals surface area contributed by atoms with Gasteiger partial charge in [0.1, 0.15) is 23.9 Å². The number of carbonyl (C=O) groups is 1. The van der Waals surface area contributed by atoms with Crippen LogP contribution in [0.25, 0.3) is 0 Å². The number of hydrogen-bond acceptors (Lipinski definition) is 6. The standard InChI is InChI=1S/C22H20N2O6/c1-28-21-12-16(24(26)27)6-9-19(21)23-22(25)20-10-8-18(30-20)13-29-17-7-5-14-3-2-4-15(14)11-17/h5-12H,2-4,13H2,1H3,(H,23,25). The fraction of sp³-hybridized carbons (Fsp3) is 0.227. The Hall–Kier alpha value is -3.81. The number of anilines is 1. The molecule has 0 atom stereocenters. The molecule has 8 heteroatoms. The second-order valence-electron chi connectivity index (χ2n) is 6.93. The second-order valence-corrected chi connectivity index (χ2v) is 6.93. The van der Waals surface area contributed by atoms with Crippen LogP contribution in [0, 0.1) is 10.1 Å². The summed E-state index contributed by atoms with van der Waals surface area (Å²) in [4.78, 5) is 22.8. The van der Waals surface area contributed by atoms with Crippen LogP contribution in [0.3, 0.4) is 0 Å². The Kier molecular flexibility index (Phi) is 5.38. The van der Waals surface area contributed by atoms with E-state index in [0.717, 1.165) is 18.6 Å². The molecule has 1 heterocycles. The van der Waals surface area contributed by atoms with E-state index in [9.17, 15) is 14.9 Å². The lowest BCUT2D eigenvalue weighted by Gasteiger charge is -2.09. The number of non-ortho nitro benzene ring substituents is 1. The molecule has 1 aromatic heterocycles. The van der Waals surface area contributed by atoms with Crippen LogP contribution in [0.4, 0.5) is 11.4 Å². The van der Waals surface area contributed by atoms with E-state index in [-0.39, 0.29) is 23.8 Å². The fourth-order valence-electron chi connectivity index (χ4n) is 3.45. The summed E-state index contributed by atoms with van der Waals surface area (Å²) in [6.45, 7) is 0.201. The summed E-state index contributed by atoms with van der Waals surface area (Å²) in [6, 6.07) is 13.3. The number of carbonyl (C=O) groups excluding carboxylic acids is 1. The van der Waals surface area contributed by atoms with E-state index < -0.39 is 10.8 Å². The Morgan fingerprint density at radius 3 is 2.77 bits per heavy atom. The van der Waals surface area contributed by atoms with Crippen molar-refractivity contribution in [2.24, 2.45) is 0 Å². The Labute approximate surface area is 172 Å². The van der Waals surface area contributed by atoms with E-state index in [2.05, 4.69) is 17.4 Å². The molecule has 1 aliphatic carbocycles. The van der Waals surface area contributed by atoms with E-state index in [4.69, 9.17) is 13.9 Å². The van der Waals surface area contributed by atoms with Crippen LogP contribution < -0.4 is 14.8 Å². The molecule has 1 amide bonds. The van der Waals surface area contributed by atoms with Gasteiger partial charge in [0.25, 0.3) is 11.6 Å². The van der Waals surface area contributed by atoms with E-state index in [1.807, 2.05) is 6.07 Å². The summed E-state index contributed by atoms with van der Waals surface area (Å²) in [6.07, 6.45) is 3.37. The molecular weight excluding hydrogens is 388 g/mol. The summed E-state index contributed by atoms with van der Waals surface area (Å²) >= 11 is 0. The topological polar surface area (TPSA) is 104 Å². The van der Waals surface area contributed by atoms with Crippen molar-refractivity contribution < 1.29 is 23.6 Å². The average molecular weight is 408 g/mol. The van der Waals surface area contributed by atoms with E-state index >= 15 is 0 Å². The van der Waals surface area contributed by atoms with Gasteiger partial charge in [-0.15, -0.1) is 0 Å². The number of nitrogens with one attached hydrogen (secondary N) is 1. The fourth-order valence-corrected chi connectivity index (χ4v) is 3.45. The Bertz CT molecular complexity index is 1100. The molecule has 0 saturated heterocycles. The maximum absolute atomic E-state index is 12.5. The van der Waals surface area contributed by atoms with Crippen molar-refractivity contribution in [3.05, 3.63) is 81.3 Å². The zero-order valence-electron chi connectivity index (χ0n) is 16.3. The number of hydrogen-bond donors (Lipinski definition) is 1. The number of nitrogens with zero attached hydrogens (tertiary/aromatic N) is 1. The second kappa shape index (κ2) is 8.28. The van der Waals surface area contributed by atoms with Gasteiger partial charge in [-0.25, -0.2) is 0 Å². The van der Waals surface area contributed by atoms with Crippen molar-refractivity contribution >= 4 is 17.3 Å². The molecule has 0 radical (unpaired) electrons. The number of nitro benzene ring substituents is 1. The monoisotopic (exact) mass is 408 g/mol. The summed E-state index contributed by atoms with van der Waals surface area (Å²) in [5, 5.41) is 13.5. The smallest absolute Gasteiger partial charge is 0.291 e. The minimum absolute atomic E-state index is 0.1000. The number of methoxy groups -OCH3 is 1. The quantitative estimate of drug-likeness (QED) is 0.455. The minimum atomic E-state index is -0.534. The maximum Gasteiger partial charge on any atom is 0.291 e. The first kappa shape index (κ1) is 19.5. The van der Waals surface area contributed by atoms with Crippen molar-refractivity contribution in [2.75, 3.05) is 12.4 Å². The van der Waals surface area contributed by atoms with Crippen LogP contribution in [0.15, 0.2) is 52.9 Å². The van der Waals surface area contributed by atoms with Crippen molar-refractivity contribution in [3.63, 3.8) is 0 Å². The zero-order chi connectivity index (χ0) is 21.1. The molecule has 3 aromatic rings. The number of aryl methyl sites for hydroxylation is 2. The molecule has 8 nitrogen and oxygen atoms in total. The molecule has 0 fully saturated rings. The highest BCUT2D eigenvalue weighted by Crippen LogP contribution is 2.30. The molecule has 4 rings (SSSR count). The molecule has 2 aromatic carbocycles. The highest BCUT2D eigenvalue weighted by Gasteiger charge is 2.17. The summed E-state index contributed by atoms with van der Waals surface area (Å²) < 4.78 is 16.5. The summed E-state index contributed by atoms with van der Waals surface area (Å²) in [7, 11) is 1.37. The largest absolute Gasteiger partial charge is 0.494 e. The molecule has 1 aliphatic rings. The molecule has 0 saturated carbocycles. The van der Waals surface area contributed by atoms with Crippen LogP contribution in [0.5, 0.6) is 11.5 Å². The van der Waals surface area contributed by atoms with Crippen LogP contribution in [0.2, 0.25) is 0 Å². The van der Waals surface area contributed by atoms with Gasteiger partial charge in [-0.2, -0.15) is 0 Å². The van der Waals surface area contributed by atoms with Crippen LogP contribution in [-0.4, -0.2) is 17.9 Å². The predicted octanol–water partition coefficient (Wildman–Crippen LogP) is 4.52. The first-order valence-electron chi connectivity index (χ1n) is 9.50. The van der Waals surface area contributed by atoms with Gasteiger partial charge in [0.05, 0.1) is 23.8 Å². The molecule has 154 valence electrons.